The molecule has 1 aromatic rings. The maximum absolute atomic E-state index is 12.3. The number of rotatable bonds is 7. The molecule has 4 heteroatoms. The lowest BCUT2D eigenvalue weighted by Gasteiger charge is -2.31. The summed E-state index contributed by atoms with van der Waals surface area (Å²) in [5, 5.41) is 3.03. The fourth-order valence-corrected chi connectivity index (χ4v) is 3.38. The first-order valence-electron chi connectivity index (χ1n) is 8.13. The number of nitrogens with one attached hydrogen (secondary N) is 1. The van der Waals surface area contributed by atoms with Gasteiger partial charge in [-0.15, -0.1) is 0 Å². The van der Waals surface area contributed by atoms with Crippen molar-refractivity contribution in [2.45, 2.75) is 52.0 Å². The number of hydrogen-bond acceptors (Lipinski definition) is 3. The standard InChI is InChI=1S/C18H25NO3/c1-3-10-18(11-4-2)15(13-22-17(18)21)19-16(20)12-14-8-6-5-7-9-14/h5-9,15H,3-4,10-13H2,1-2H3,(H,19,20)/t15-/m1/s1. The van der Waals surface area contributed by atoms with Crippen molar-refractivity contribution >= 4 is 11.9 Å². The number of hydrogen-bond donors (Lipinski definition) is 1. The van der Waals surface area contributed by atoms with Gasteiger partial charge in [0.25, 0.3) is 0 Å². The topological polar surface area (TPSA) is 55.4 Å². The minimum Gasteiger partial charge on any atom is -0.463 e. The SMILES string of the molecule is CCCC1(CCC)C(=O)OC[C@H]1NC(=O)Cc1ccccc1. The zero-order chi connectivity index (χ0) is 16.0. The van der Waals surface area contributed by atoms with Gasteiger partial charge >= 0.3 is 5.97 Å². The van der Waals surface area contributed by atoms with Gasteiger partial charge < -0.3 is 10.1 Å². The van der Waals surface area contributed by atoms with Crippen LogP contribution in [0.5, 0.6) is 0 Å². The van der Waals surface area contributed by atoms with E-state index < -0.39 is 5.41 Å². The molecule has 1 fully saturated rings. The van der Waals surface area contributed by atoms with Crippen LogP contribution < -0.4 is 5.32 Å². The molecular weight excluding hydrogens is 278 g/mol. The van der Waals surface area contributed by atoms with E-state index in [1.54, 1.807) is 0 Å². The quantitative estimate of drug-likeness (QED) is 0.788. The third kappa shape index (κ3) is 3.49. The predicted molar refractivity (Wildman–Crippen MR) is 85.3 cm³/mol. The average Bonchev–Trinajstić information content (AvgIpc) is 2.78. The van der Waals surface area contributed by atoms with Gasteiger partial charge in [0.1, 0.15) is 6.61 Å². The van der Waals surface area contributed by atoms with Gasteiger partial charge in [-0.1, -0.05) is 57.0 Å². The third-order valence-electron chi connectivity index (χ3n) is 4.39. The van der Waals surface area contributed by atoms with Crippen LogP contribution in [0.25, 0.3) is 0 Å². The second kappa shape index (κ2) is 7.43. The van der Waals surface area contributed by atoms with Crippen molar-refractivity contribution in [1.82, 2.24) is 5.32 Å². The molecule has 1 atom stereocenters. The van der Waals surface area contributed by atoms with E-state index in [2.05, 4.69) is 19.2 Å². The fourth-order valence-electron chi connectivity index (χ4n) is 3.38. The first-order chi connectivity index (χ1) is 10.6. The highest BCUT2D eigenvalue weighted by Gasteiger charge is 2.51. The van der Waals surface area contributed by atoms with Gasteiger partial charge in [-0.3, -0.25) is 9.59 Å². The molecule has 1 N–H and O–H groups in total. The minimum atomic E-state index is -0.546. The molecule has 1 heterocycles. The molecule has 120 valence electrons. The molecule has 1 aliphatic heterocycles. The predicted octanol–water partition coefficient (Wildman–Crippen LogP) is 2.86. The molecule has 0 aromatic heterocycles. The van der Waals surface area contributed by atoms with E-state index in [0.29, 0.717) is 13.0 Å². The molecule has 0 spiro atoms. The van der Waals surface area contributed by atoms with Gasteiger partial charge in [-0.05, 0) is 18.4 Å². The number of cyclic esters (lactones) is 1. The van der Waals surface area contributed by atoms with Gasteiger partial charge in [-0.25, -0.2) is 0 Å². The summed E-state index contributed by atoms with van der Waals surface area (Å²) in [5.74, 6) is -0.202. The van der Waals surface area contributed by atoms with E-state index in [1.165, 1.54) is 0 Å². The fraction of sp³-hybridized carbons (Fsp3) is 0.556. The molecule has 0 aliphatic carbocycles. The zero-order valence-corrected chi connectivity index (χ0v) is 13.4. The molecule has 0 saturated carbocycles. The molecule has 1 aliphatic rings. The highest BCUT2D eigenvalue weighted by Crippen LogP contribution is 2.39. The van der Waals surface area contributed by atoms with E-state index >= 15 is 0 Å². The van der Waals surface area contributed by atoms with Crippen molar-refractivity contribution in [3.05, 3.63) is 35.9 Å². The van der Waals surface area contributed by atoms with Crippen molar-refractivity contribution in [3.63, 3.8) is 0 Å². The van der Waals surface area contributed by atoms with E-state index in [9.17, 15) is 9.59 Å². The number of carbonyl (C=O) groups excluding carboxylic acids is 2. The summed E-state index contributed by atoms with van der Waals surface area (Å²) in [6.45, 7) is 4.41. The summed E-state index contributed by atoms with van der Waals surface area (Å²) in [7, 11) is 0. The number of carbonyl (C=O) groups is 2. The maximum atomic E-state index is 12.3. The van der Waals surface area contributed by atoms with Crippen LogP contribution in [0, 0.1) is 5.41 Å². The Morgan fingerprint density at radius 2 is 1.86 bits per heavy atom. The third-order valence-corrected chi connectivity index (χ3v) is 4.39. The van der Waals surface area contributed by atoms with Crippen molar-refractivity contribution in [2.24, 2.45) is 5.41 Å². The van der Waals surface area contributed by atoms with Crippen LogP contribution in [0.3, 0.4) is 0 Å². The summed E-state index contributed by atoms with van der Waals surface area (Å²) in [6.07, 6.45) is 3.66. The highest BCUT2D eigenvalue weighted by atomic mass is 16.5. The monoisotopic (exact) mass is 303 g/mol. The summed E-state index contributed by atoms with van der Waals surface area (Å²) in [4.78, 5) is 24.5. The highest BCUT2D eigenvalue weighted by molar-refractivity contribution is 5.84. The average molecular weight is 303 g/mol. The molecule has 1 aromatic carbocycles. The molecule has 0 unspecified atom stereocenters. The van der Waals surface area contributed by atoms with Crippen LogP contribution in [0.15, 0.2) is 30.3 Å². The Morgan fingerprint density at radius 1 is 1.23 bits per heavy atom. The second-order valence-electron chi connectivity index (χ2n) is 6.04. The minimum absolute atomic E-state index is 0.0499. The van der Waals surface area contributed by atoms with Gasteiger partial charge in [-0.2, -0.15) is 0 Å². The Balaban J connectivity index is 2.06. The number of ether oxygens (including phenoxy) is 1. The van der Waals surface area contributed by atoms with Gasteiger partial charge in [0.05, 0.1) is 17.9 Å². The lowest BCUT2D eigenvalue weighted by atomic mass is 9.74. The number of benzene rings is 1. The van der Waals surface area contributed by atoms with Crippen molar-refractivity contribution in [2.75, 3.05) is 6.61 Å². The molecule has 4 nitrogen and oxygen atoms in total. The largest absolute Gasteiger partial charge is 0.463 e. The van der Waals surface area contributed by atoms with Crippen LogP contribution in [-0.4, -0.2) is 24.5 Å². The molecule has 1 amide bonds. The Hall–Kier alpha value is -1.84. The van der Waals surface area contributed by atoms with Crippen molar-refractivity contribution in [3.8, 4) is 0 Å². The molecule has 0 radical (unpaired) electrons. The number of esters is 1. The summed E-state index contributed by atoms with van der Waals surface area (Å²) in [6, 6.07) is 9.42. The van der Waals surface area contributed by atoms with Crippen LogP contribution >= 0.6 is 0 Å². The van der Waals surface area contributed by atoms with Gasteiger partial charge in [0, 0.05) is 0 Å². The van der Waals surface area contributed by atoms with Gasteiger partial charge in [0.2, 0.25) is 5.91 Å². The van der Waals surface area contributed by atoms with Crippen LogP contribution in [0.1, 0.15) is 45.1 Å². The summed E-state index contributed by atoms with van der Waals surface area (Å²) >= 11 is 0. The molecule has 0 bridgehead atoms. The lowest BCUT2D eigenvalue weighted by molar-refractivity contribution is -0.147. The molecule has 1 saturated heterocycles. The van der Waals surface area contributed by atoms with Crippen LogP contribution in [0.4, 0.5) is 0 Å². The zero-order valence-electron chi connectivity index (χ0n) is 13.4. The Morgan fingerprint density at radius 3 is 2.45 bits per heavy atom. The van der Waals surface area contributed by atoms with E-state index in [0.717, 1.165) is 31.2 Å². The van der Waals surface area contributed by atoms with E-state index in [1.807, 2.05) is 30.3 Å². The summed E-state index contributed by atoms with van der Waals surface area (Å²) < 4.78 is 5.28. The van der Waals surface area contributed by atoms with E-state index in [-0.39, 0.29) is 17.9 Å². The second-order valence-corrected chi connectivity index (χ2v) is 6.04. The molecular formula is C18H25NO3. The van der Waals surface area contributed by atoms with Crippen molar-refractivity contribution < 1.29 is 14.3 Å². The summed E-state index contributed by atoms with van der Waals surface area (Å²) in [5.41, 5.74) is 0.428. The molecule has 2 rings (SSSR count). The Labute approximate surface area is 132 Å². The number of amides is 1. The Bertz CT molecular complexity index is 506. The Kier molecular flexibility index (Phi) is 5.58. The van der Waals surface area contributed by atoms with Crippen molar-refractivity contribution in [1.29, 1.82) is 0 Å². The normalized spacial score (nSPS) is 19.7. The molecule has 22 heavy (non-hydrogen) atoms. The maximum Gasteiger partial charge on any atom is 0.314 e. The first kappa shape index (κ1) is 16.5. The van der Waals surface area contributed by atoms with Gasteiger partial charge in [0.15, 0.2) is 0 Å². The van der Waals surface area contributed by atoms with Crippen LogP contribution in [-0.2, 0) is 20.7 Å². The lowest BCUT2D eigenvalue weighted by Crippen LogP contribution is -2.49. The van der Waals surface area contributed by atoms with Crippen LogP contribution in [0.2, 0.25) is 0 Å². The smallest absolute Gasteiger partial charge is 0.314 e. The van der Waals surface area contributed by atoms with E-state index in [4.69, 9.17) is 4.74 Å². The first-order valence-corrected chi connectivity index (χ1v) is 8.13.